The fourth-order valence-corrected chi connectivity index (χ4v) is 2.28. The van der Waals surface area contributed by atoms with Crippen molar-refractivity contribution in [3.63, 3.8) is 0 Å². The van der Waals surface area contributed by atoms with E-state index in [4.69, 9.17) is 4.99 Å². The van der Waals surface area contributed by atoms with E-state index in [0.29, 0.717) is 0 Å². The summed E-state index contributed by atoms with van der Waals surface area (Å²) in [6, 6.07) is 2.13. The zero-order valence-corrected chi connectivity index (χ0v) is 13.0. The van der Waals surface area contributed by atoms with E-state index in [1.165, 1.54) is 12.8 Å². The number of aromatic nitrogens is 1. The number of allylic oxidation sites excluding steroid dienone is 1. The molecule has 4 heteroatoms. The topological polar surface area (TPSA) is 31.7 Å². The zero-order valence-electron chi connectivity index (χ0n) is 13.0. The first-order chi connectivity index (χ1) is 9.49. The smallest absolute Gasteiger partial charge is 0.101 e. The molecule has 0 unspecified atom stereocenters. The van der Waals surface area contributed by atoms with Crippen LogP contribution in [0.5, 0.6) is 0 Å². The van der Waals surface area contributed by atoms with Crippen LogP contribution in [0.25, 0.3) is 5.57 Å². The number of aliphatic imine (C=N–C) groups is 1. The Morgan fingerprint density at radius 1 is 1.30 bits per heavy atom. The van der Waals surface area contributed by atoms with Gasteiger partial charge in [0, 0.05) is 27.2 Å². The van der Waals surface area contributed by atoms with Crippen molar-refractivity contribution in [2.75, 3.05) is 32.1 Å². The molecule has 0 bridgehead atoms. The van der Waals surface area contributed by atoms with Gasteiger partial charge in [0.05, 0.1) is 23.3 Å². The summed E-state index contributed by atoms with van der Waals surface area (Å²) in [6.45, 7) is 10.2. The van der Waals surface area contributed by atoms with Gasteiger partial charge in [0.1, 0.15) is 5.84 Å². The Bertz CT molecular complexity index is 525. The summed E-state index contributed by atoms with van der Waals surface area (Å²) >= 11 is 0. The molecule has 0 atom stereocenters. The van der Waals surface area contributed by atoms with Gasteiger partial charge < -0.3 is 9.80 Å². The lowest BCUT2D eigenvalue weighted by molar-refractivity contribution is 0.619. The van der Waals surface area contributed by atoms with E-state index in [1.807, 2.05) is 39.0 Å². The molecule has 1 saturated heterocycles. The van der Waals surface area contributed by atoms with Crippen molar-refractivity contribution in [1.29, 1.82) is 0 Å². The van der Waals surface area contributed by atoms with Crippen molar-refractivity contribution >= 4 is 22.8 Å². The summed E-state index contributed by atoms with van der Waals surface area (Å²) in [6.07, 6.45) is 4.47. The molecule has 1 aromatic heterocycles. The number of hydrogen-bond donors (Lipinski definition) is 0. The lowest BCUT2D eigenvalue weighted by Gasteiger charge is -2.19. The Morgan fingerprint density at radius 3 is 2.50 bits per heavy atom. The van der Waals surface area contributed by atoms with Crippen LogP contribution in [-0.2, 0) is 0 Å². The van der Waals surface area contributed by atoms with Gasteiger partial charge in [0.2, 0.25) is 0 Å². The maximum absolute atomic E-state index is 4.70. The highest BCUT2D eigenvalue weighted by Gasteiger charge is 2.15. The van der Waals surface area contributed by atoms with Gasteiger partial charge in [-0.15, -0.1) is 0 Å². The Balaban J connectivity index is 2.41. The summed E-state index contributed by atoms with van der Waals surface area (Å²) in [7, 11) is 3.99. The third kappa shape index (κ3) is 3.18. The molecule has 1 fully saturated rings. The largest absolute Gasteiger partial charge is 0.370 e. The monoisotopic (exact) mass is 272 g/mol. The zero-order chi connectivity index (χ0) is 14.7. The Hall–Kier alpha value is -1.84. The molecule has 1 aliphatic rings. The summed E-state index contributed by atoms with van der Waals surface area (Å²) in [5, 5.41) is 0. The molecule has 0 amide bonds. The van der Waals surface area contributed by atoms with Gasteiger partial charge in [0.15, 0.2) is 0 Å². The number of nitrogens with zero attached hydrogens (tertiary/aromatic N) is 4. The Morgan fingerprint density at radius 2 is 1.95 bits per heavy atom. The minimum Gasteiger partial charge on any atom is -0.370 e. The van der Waals surface area contributed by atoms with E-state index >= 15 is 0 Å². The molecule has 2 heterocycles. The number of rotatable bonds is 3. The second-order valence-corrected chi connectivity index (χ2v) is 5.59. The first-order valence-electron chi connectivity index (χ1n) is 7.12. The van der Waals surface area contributed by atoms with Crippen molar-refractivity contribution < 1.29 is 0 Å². The lowest BCUT2D eigenvalue weighted by atomic mass is 10.1. The molecular weight excluding hydrogens is 248 g/mol. The first-order valence-corrected chi connectivity index (χ1v) is 7.12. The molecule has 0 aromatic carbocycles. The molecule has 1 aromatic rings. The predicted octanol–water partition coefficient (Wildman–Crippen LogP) is 3.33. The third-order valence-electron chi connectivity index (χ3n) is 3.66. The first kappa shape index (κ1) is 14.6. The van der Waals surface area contributed by atoms with Crippen molar-refractivity contribution in [2.24, 2.45) is 4.99 Å². The number of amidine groups is 1. The minimum absolute atomic E-state index is 0.883. The third-order valence-corrected chi connectivity index (χ3v) is 3.66. The maximum atomic E-state index is 4.70. The highest BCUT2D eigenvalue weighted by Crippen LogP contribution is 2.29. The standard InChI is InChI=1S/C16H24N4/c1-12(2)16-15(18-13(3)19(4)5)10-14(11-17-16)20-8-6-7-9-20/h10-11H,1,6-9H2,2-5H3. The molecule has 20 heavy (non-hydrogen) atoms. The second-order valence-electron chi connectivity index (χ2n) is 5.59. The van der Waals surface area contributed by atoms with Crippen molar-refractivity contribution in [2.45, 2.75) is 26.7 Å². The molecule has 0 N–H and O–H groups in total. The van der Waals surface area contributed by atoms with Crippen LogP contribution in [0, 0.1) is 0 Å². The average Bonchev–Trinajstić information content (AvgIpc) is 2.92. The molecule has 4 nitrogen and oxygen atoms in total. The van der Waals surface area contributed by atoms with E-state index in [0.717, 1.165) is 41.6 Å². The molecule has 0 spiro atoms. The van der Waals surface area contributed by atoms with Crippen LogP contribution in [0.3, 0.4) is 0 Å². The molecular formula is C16H24N4. The molecule has 0 saturated carbocycles. The molecule has 0 radical (unpaired) electrons. The number of anilines is 1. The van der Waals surface area contributed by atoms with E-state index < -0.39 is 0 Å². The summed E-state index contributed by atoms with van der Waals surface area (Å²) in [4.78, 5) is 13.7. The van der Waals surface area contributed by atoms with E-state index in [9.17, 15) is 0 Å². The van der Waals surface area contributed by atoms with Crippen LogP contribution >= 0.6 is 0 Å². The average molecular weight is 272 g/mol. The van der Waals surface area contributed by atoms with E-state index in [2.05, 4.69) is 22.5 Å². The van der Waals surface area contributed by atoms with Crippen LogP contribution < -0.4 is 4.90 Å². The normalized spacial score (nSPS) is 15.6. The van der Waals surface area contributed by atoms with Gasteiger partial charge in [-0.1, -0.05) is 6.58 Å². The fourth-order valence-electron chi connectivity index (χ4n) is 2.28. The quantitative estimate of drug-likeness (QED) is 0.625. The van der Waals surface area contributed by atoms with Crippen LogP contribution in [0.4, 0.5) is 11.4 Å². The van der Waals surface area contributed by atoms with Crippen LogP contribution in [-0.4, -0.2) is 42.9 Å². The van der Waals surface area contributed by atoms with Gasteiger partial charge in [-0.25, -0.2) is 4.99 Å². The predicted molar refractivity (Wildman–Crippen MR) is 86.8 cm³/mol. The van der Waals surface area contributed by atoms with Gasteiger partial charge in [-0.05, 0) is 38.3 Å². The van der Waals surface area contributed by atoms with Gasteiger partial charge in [-0.3, -0.25) is 4.98 Å². The van der Waals surface area contributed by atoms with E-state index in [-0.39, 0.29) is 0 Å². The van der Waals surface area contributed by atoms with Gasteiger partial charge >= 0.3 is 0 Å². The van der Waals surface area contributed by atoms with Gasteiger partial charge in [0.25, 0.3) is 0 Å². The minimum atomic E-state index is 0.883. The maximum Gasteiger partial charge on any atom is 0.101 e. The Labute approximate surface area is 121 Å². The fraction of sp³-hybridized carbons (Fsp3) is 0.500. The molecule has 2 rings (SSSR count). The van der Waals surface area contributed by atoms with Crippen molar-refractivity contribution in [1.82, 2.24) is 9.88 Å². The molecule has 1 aliphatic heterocycles. The highest BCUT2D eigenvalue weighted by molar-refractivity contribution is 5.84. The van der Waals surface area contributed by atoms with Crippen molar-refractivity contribution in [3.8, 4) is 0 Å². The lowest BCUT2D eigenvalue weighted by Crippen LogP contribution is -2.19. The number of pyridine rings is 1. The van der Waals surface area contributed by atoms with Crippen LogP contribution in [0.2, 0.25) is 0 Å². The highest BCUT2D eigenvalue weighted by atomic mass is 15.2. The van der Waals surface area contributed by atoms with E-state index in [1.54, 1.807) is 0 Å². The Kier molecular flexibility index (Phi) is 4.42. The molecule has 0 aliphatic carbocycles. The summed E-state index contributed by atoms with van der Waals surface area (Å²) in [5.74, 6) is 0.966. The second kappa shape index (κ2) is 6.07. The van der Waals surface area contributed by atoms with Crippen LogP contribution in [0.1, 0.15) is 32.4 Å². The van der Waals surface area contributed by atoms with Crippen LogP contribution in [0.15, 0.2) is 23.8 Å². The SMILES string of the molecule is C=C(C)c1ncc(N2CCCC2)cc1N=C(C)N(C)C. The molecule has 108 valence electrons. The van der Waals surface area contributed by atoms with Gasteiger partial charge in [-0.2, -0.15) is 0 Å². The summed E-state index contributed by atoms with van der Waals surface area (Å²) < 4.78 is 0. The van der Waals surface area contributed by atoms with Crippen molar-refractivity contribution in [3.05, 3.63) is 24.5 Å². The number of hydrogen-bond acceptors (Lipinski definition) is 3. The summed E-state index contributed by atoms with van der Waals surface area (Å²) in [5.41, 5.74) is 3.91.